The van der Waals surface area contributed by atoms with Crippen molar-refractivity contribution in [2.24, 2.45) is 0 Å². The second kappa shape index (κ2) is 4.42. The molecule has 0 aliphatic rings. The van der Waals surface area contributed by atoms with Crippen LogP contribution >= 0.6 is 0 Å². The zero-order valence-electron chi connectivity index (χ0n) is 10.9. The van der Waals surface area contributed by atoms with E-state index in [2.05, 4.69) is 56.9 Å². The summed E-state index contributed by atoms with van der Waals surface area (Å²) in [5.74, 6) is 0. The molecule has 0 amide bonds. The second-order valence-electron chi connectivity index (χ2n) is 4.89. The SMILES string of the molecule is c1cc(NCc2ccc3[nH]ccc3c2)c2[nH]ncc2c1. The van der Waals surface area contributed by atoms with Crippen molar-refractivity contribution >= 4 is 27.5 Å². The van der Waals surface area contributed by atoms with Gasteiger partial charge in [0.15, 0.2) is 0 Å². The molecule has 4 rings (SSSR count). The Balaban J connectivity index is 1.61. The number of benzene rings is 2. The number of hydrogen-bond acceptors (Lipinski definition) is 2. The average molecular weight is 262 g/mol. The molecule has 0 atom stereocenters. The third kappa shape index (κ3) is 1.82. The first-order valence-corrected chi connectivity index (χ1v) is 6.62. The van der Waals surface area contributed by atoms with Crippen LogP contribution < -0.4 is 5.32 Å². The van der Waals surface area contributed by atoms with E-state index in [4.69, 9.17) is 0 Å². The minimum Gasteiger partial charge on any atom is -0.379 e. The molecule has 2 heterocycles. The van der Waals surface area contributed by atoms with Gasteiger partial charge in [-0.1, -0.05) is 18.2 Å². The quantitative estimate of drug-likeness (QED) is 0.528. The largest absolute Gasteiger partial charge is 0.379 e. The van der Waals surface area contributed by atoms with Crippen molar-refractivity contribution in [2.45, 2.75) is 6.54 Å². The van der Waals surface area contributed by atoms with Crippen LogP contribution in [0, 0.1) is 0 Å². The third-order valence-electron chi connectivity index (χ3n) is 3.58. The molecular weight excluding hydrogens is 248 g/mol. The van der Waals surface area contributed by atoms with Gasteiger partial charge in [-0.2, -0.15) is 5.10 Å². The smallest absolute Gasteiger partial charge is 0.0881 e. The molecule has 4 aromatic rings. The number of rotatable bonds is 3. The summed E-state index contributed by atoms with van der Waals surface area (Å²) >= 11 is 0. The highest BCUT2D eigenvalue weighted by molar-refractivity contribution is 5.90. The van der Waals surface area contributed by atoms with Crippen LogP contribution in [-0.2, 0) is 6.54 Å². The molecule has 0 saturated heterocycles. The number of nitrogens with zero attached hydrogens (tertiary/aromatic N) is 1. The van der Waals surface area contributed by atoms with Gasteiger partial charge < -0.3 is 10.3 Å². The van der Waals surface area contributed by atoms with Gasteiger partial charge in [0.25, 0.3) is 0 Å². The molecule has 0 aliphatic carbocycles. The number of para-hydroxylation sites is 1. The molecule has 3 N–H and O–H groups in total. The van der Waals surface area contributed by atoms with E-state index in [1.165, 1.54) is 16.5 Å². The fourth-order valence-electron chi connectivity index (χ4n) is 2.53. The first-order valence-electron chi connectivity index (χ1n) is 6.62. The van der Waals surface area contributed by atoms with E-state index in [0.717, 1.165) is 23.1 Å². The maximum absolute atomic E-state index is 4.08. The fraction of sp³-hybridized carbons (Fsp3) is 0.0625. The average Bonchev–Trinajstić information content (AvgIpc) is 3.13. The van der Waals surface area contributed by atoms with E-state index in [1.54, 1.807) is 0 Å². The Labute approximate surface area is 115 Å². The molecule has 0 bridgehead atoms. The van der Waals surface area contributed by atoms with Crippen LogP contribution in [0.15, 0.2) is 54.9 Å². The molecule has 0 fully saturated rings. The van der Waals surface area contributed by atoms with Crippen LogP contribution in [0.3, 0.4) is 0 Å². The lowest BCUT2D eigenvalue weighted by Gasteiger charge is -2.07. The molecular formula is C16H14N4. The fourth-order valence-corrected chi connectivity index (χ4v) is 2.53. The van der Waals surface area contributed by atoms with Gasteiger partial charge in [-0.25, -0.2) is 0 Å². The number of H-pyrrole nitrogens is 2. The summed E-state index contributed by atoms with van der Waals surface area (Å²) in [7, 11) is 0. The second-order valence-corrected chi connectivity index (χ2v) is 4.89. The number of hydrogen-bond donors (Lipinski definition) is 3. The van der Waals surface area contributed by atoms with E-state index in [0.29, 0.717) is 0 Å². The first-order chi connectivity index (χ1) is 9.90. The van der Waals surface area contributed by atoms with Crippen LogP contribution in [0.4, 0.5) is 5.69 Å². The first kappa shape index (κ1) is 11.1. The molecule has 0 spiro atoms. The molecule has 98 valence electrons. The Bertz CT molecular complexity index is 872. The van der Waals surface area contributed by atoms with Gasteiger partial charge in [0, 0.05) is 23.6 Å². The van der Waals surface area contributed by atoms with Gasteiger partial charge in [0.1, 0.15) is 0 Å². The lowest BCUT2D eigenvalue weighted by atomic mass is 10.1. The molecule has 0 radical (unpaired) electrons. The van der Waals surface area contributed by atoms with E-state index < -0.39 is 0 Å². The van der Waals surface area contributed by atoms with Crippen molar-refractivity contribution in [3.05, 3.63) is 60.4 Å². The number of nitrogens with one attached hydrogen (secondary N) is 3. The van der Waals surface area contributed by atoms with Gasteiger partial charge in [-0.05, 0) is 35.2 Å². The monoisotopic (exact) mass is 262 g/mol. The molecule has 2 aromatic heterocycles. The minimum atomic E-state index is 0.791. The molecule has 0 saturated carbocycles. The van der Waals surface area contributed by atoms with Gasteiger partial charge in [0.05, 0.1) is 17.4 Å². The zero-order chi connectivity index (χ0) is 13.4. The van der Waals surface area contributed by atoms with Gasteiger partial charge in [-0.15, -0.1) is 0 Å². The molecule has 4 heteroatoms. The summed E-state index contributed by atoms with van der Waals surface area (Å²) in [6.45, 7) is 0.791. The lowest BCUT2D eigenvalue weighted by molar-refractivity contribution is 1.11. The summed E-state index contributed by atoms with van der Waals surface area (Å²) in [6, 6.07) is 14.7. The van der Waals surface area contributed by atoms with Crippen LogP contribution in [-0.4, -0.2) is 15.2 Å². The normalized spacial score (nSPS) is 11.2. The highest BCUT2D eigenvalue weighted by Gasteiger charge is 2.02. The molecule has 20 heavy (non-hydrogen) atoms. The Morgan fingerprint density at radius 2 is 2.05 bits per heavy atom. The van der Waals surface area contributed by atoms with Gasteiger partial charge >= 0.3 is 0 Å². The lowest BCUT2D eigenvalue weighted by Crippen LogP contribution is -1.99. The molecule has 0 aliphatic heterocycles. The summed E-state index contributed by atoms with van der Waals surface area (Å²) < 4.78 is 0. The Morgan fingerprint density at radius 3 is 3.05 bits per heavy atom. The van der Waals surface area contributed by atoms with Gasteiger partial charge in [-0.3, -0.25) is 5.10 Å². The molecule has 0 unspecified atom stereocenters. The summed E-state index contributed by atoms with van der Waals surface area (Å²) in [4.78, 5) is 3.21. The van der Waals surface area contributed by atoms with E-state index in [-0.39, 0.29) is 0 Å². The number of aromatic amines is 2. The van der Waals surface area contributed by atoms with Crippen molar-refractivity contribution in [3.63, 3.8) is 0 Å². The van der Waals surface area contributed by atoms with Crippen LogP contribution in [0.25, 0.3) is 21.8 Å². The number of anilines is 1. The van der Waals surface area contributed by atoms with E-state index >= 15 is 0 Å². The Morgan fingerprint density at radius 1 is 1.05 bits per heavy atom. The minimum absolute atomic E-state index is 0.791. The van der Waals surface area contributed by atoms with E-state index in [9.17, 15) is 0 Å². The Kier molecular flexibility index (Phi) is 2.45. The third-order valence-corrected chi connectivity index (χ3v) is 3.58. The number of fused-ring (bicyclic) bond motifs is 2. The topological polar surface area (TPSA) is 56.5 Å². The maximum atomic E-state index is 4.08. The van der Waals surface area contributed by atoms with E-state index in [1.807, 2.05) is 18.5 Å². The standard InChI is InChI=1S/C16H14N4/c1-2-13-10-19-20-16(13)15(3-1)18-9-11-4-5-14-12(8-11)6-7-17-14/h1-8,10,17-18H,9H2,(H,19,20). The summed E-state index contributed by atoms with van der Waals surface area (Å²) in [5, 5.41) is 12.9. The van der Waals surface area contributed by atoms with Crippen molar-refractivity contribution in [1.82, 2.24) is 15.2 Å². The zero-order valence-corrected chi connectivity index (χ0v) is 10.9. The molecule has 2 aromatic carbocycles. The van der Waals surface area contributed by atoms with Crippen LogP contribution in [0.1, 0.15) is 5.56 Å². The maximum Gasteiger partial charge on any atom is 0.0881 e. The summed E-state index contributed by atoms with van der Waals surface area (Å²) in [6.07, 6.45) is 3.81. The van der Waals surface area contributed by atoms with Crippen molar-refractivity contribution < 1.29 is 0 Å². The Hall–Kier alpha value is -2.75. The predicted molar refractivity (Wildman–Crippen MR) is 81.7 cm³/mol. The van der Waals surface area contributed by atoms with Crippen molar-refractivity contribution in [2.75, 3.05) is 5.32 Å². The number of aromatic nitrogens is 3. The van der Waals surface area contributed by atoms with Crippen molar-refractivity contribution in [1.29, 1.82) is 0 Å². The highest BCUT2D eigenvalue weighted by Crippen LogP contribution is 2.21. The molecule has 4 nitrogen and oxygen atoms in total. The predicted octanol–water partition coefficient (Wildman–Crippen LogP) is 3.66. The van der Waals surface area contributed by atoms with Crippen LogP contribution in [0.5, 0.6) is 0 Å². The van der Waals surface area contributed by atoms with Gasteiger partial charge in [0.2, 0.25) is 0 Å². The highest BCUT2D eigenvalue weighted by atomic mass is 15.1. The van der Waals surface area contributed by atoms with Crippen molar-refractivity contribution in [3.8, 4) is 0 Å². The van der Waals surface area contributed by atoms with Crippen LogP contribution in [0.2, 0.25) is 0 Å². The summed E-state index contributed by atoms with van der Waals surface area (Å²) in [5.41, 5.74) is 4.56.